The Morgan fingerprint density at radius 3 is 1.73 bits per heavy atom. The van der Waals surface area contributed by atoms with Gasteiger partial charge in [-0.2, -0.15) is 0 Å². The summed E-state index contributed by atoms with van der Waals surface area (Å²) in [6, 6.07) is 53.0. The molecule has 0 spiro atoms. The first kappa shape index (κ1) is 27.5. The standard InChI is InChI=1S/C45H27N3O/c1-2-8-30(9-3-1)40-27-41(48-45(47-40)31-16-14-28(15-17-31)29-22-24-46-25-23-29)32-18-19-37-39(26-32)34-11-5-4-10-33(34)36-20-21-38-35-12-6-7-13-42(35)49-44(38)43(36)37/h1-27H. The molecule has 0 N–H and O–H groups in total. The van der Waals surface area contributed by atoms with Crippen LogP contribution >= 0.6 is 0 Å². The van der Waals surface area contributed by atoms with E-state index < -0.39 is 0 Å². The van der Waals surface area contributed by atoms with Gasteiger partial charge in [-0.3, -0.25) is 4.98 Å². The molecule has 0 radical (unpaired) electrons. The molecule has 10 rings (SSSR count). The molecule has 0 aliphatic carbocycles. The van der Waals surface area contributed by atoms with E-state index in [2.05, 4.69) is 114 Å². The minimum absolute atomic E-state index is 0.685. The van der Waals surface area contributed by atoms with Gasteiger partial charge < -0.3 is 4.42 Å². The van der Waals surface area contributed by atoms with Crippen molar-refractivity contribution in [1.82, 2.24) is 15.0 Å². The third-order valence-corrected chi connectivity index (χ3v) is 9.59. The zero-order valence-electron chi connectivity index (χ0n) is 26.3. The molecule has 3 aromatic heterocycles. The monoisotopic (exact) mass is 625 g/mol. The Balaban J connectivity index is 1.20. The number of para-hydroxylation sites is 1. The highest BCUT2D eigenvalue weighted by atomic mass is 16.3. The quantitative estimate of drug-likeness (QED) is 0.183. The van der Waals surface area contributed by atoms with Gasteiger partial charge in [0, 0.05) is 45.2 Å². The van der Waals surface area contributed by atoms with Crippen molar-refractivity contribution in [2.75, 3.05) is 0 Å². The third kappa shape index (κ3) is 4.49. The maximum atomic E-state index is 6.58. The van der Waals surface area contributed by atoms with Crippen molar-refractivity contribution in [3.63, 3.8) is 0 Å². The van der Waals surface area contributed by atoms with Crippen molar-refractivity contribution in [2.45, 2.75) is 0 Å². The van der Waals surface area contributed by atoms with Gasteiger partial charge in [0.2, 0.25) is 0 Å². The topological polar surface area (TPSA) is 51.8 Å². The van der Waals surface area contributed by atoms with Crippen LogP contribution < -0.4 is 0 Å². The Morgan fingerprint density at radius 1 is 0.367 bits per heavy atom. The van der Waals surface area contributed by atoms with E-state index >= 15 is 0 Å². The predicted octanol–water partition coefficient (Wildman–Crippen LogP) is 11.9. The molecule has 49 heavy (non-hydrogen) atoms. The highest BCUT2D eigenvalue weighted by Crippen LogP contribution is 2.43. The van der Waals surface area contributed by atoms with E-state index in [1.165, 1.54) is 16.2 Å². The fraction of sp³-hybridized carbons (Fsp3) is 0. The summed E-state index contributed by atoms with van der Waals surface area (Å²) in [5.74, 6) is 0.685. The van der Waals surface area contributed by atoms with E-state index in [1.54, 1.807) is 0 Å². The van der Waals surface area contributed by atoms with Crippen LogP contribution in [0.25, 0.3) is 99.3 Å². The first-order valence-corrected chi connectivity index (χ1v) is 16.4. The lowest BCUT2D eigenvalue weighted by atomic mass is 9.91. The molecule has 0 atom stereocenters. The number of hydrogen-bond acceptors (Lipinski definition) is 4. The molecule has 3 heterocycles. The molecule has 0 saturated carbocycles. The minimum atomic E-state index is 0.685. The largest absolute Gasteiger partial charge is 0.455 e. The molecule has 228 valence electrons. The van der Waals surface area contributed by atoms with Crippen molar-refractivity contribution in [3.05, 3.63) is 164 Å². The van der Waals surface area contributed by atoms with Crippen LogP contribution in [0.5, 0.6) is 0 Å². The van der Waals surface area contributed by atoms with Crippen LogP contribution in [0.4, 0.5) is 0 Å². The van der Waals surface area contributed by atoms with Crippen LogP contribution in [-0.2, 0) is 0 Å². The third-order valence-electron chi connectivity index (χ3n) is 9.59. The van der Waals surface area contributed by atoms with E-state index in [1.807, 2.05) is 54.9 Å². The van der Waals surface area contributed by atoms with Crippen molar-refractivity contribution in [3.8, 4) is 45.0 Å². The molecule has 0 bridgehead atoms. The van der Waals surface area contributed by atoms with Crippen LogP contribution in [0, 0.1) is 0 Å². The predicted molar refractivity (Wildman–Crippen MR) is 201 cm³/mol. The van der Waals surface area contributed by atoms with E-state index in [4.69, 9.17) is 14.4 Å². The lowest BCUT2D eigenvalue weighted by Crippen LogP contribution is -1.96. The lowest BCUT2D eigenvalue weighted by molar-refractivity contribution is 0.673. The summed E-state index contributed by atoms with van der Waals surface area (Å²) in [5, 5.41) is 9.31. The number of benzene rings is 7. The van der Waals surface area contributed by atoms with Crippen LogP contribution in [0.3, 0.4) is 0 Å². The number of pyridine rings is 1. The van der Waals surface area contributed by atoms with Crippen molar-refractivity contribution in [2.24, 2.45) is 0 Å². The van der Waals surface area contributed by atoms with Gasteiger partial charge in [0.15, 0.2) is 5.82 Å². The van der Waals surface area contributed by atoms with Gasteiger partial charge >= 0.3 is 0 Å². The van der Waals surface area contributed by atoms with Crippen LogP contribution in [0.15, 0.2) is 168 Å². The van der Waals surface area contributed by atoms with Gasteiger partial charge in [-0.1, -0.05) is 115 Å². The molecule has 0 saturated heterocycles. The fourth-order valence-electron chi connectivity index (χ4n) is 7.22. The molecule has 10 aromatic rings. The first-order chi connectivity index (χ1) is 24.3. The van der Waals surface area contributed by atoms with Crippen molar-refractivity contribution >= 4 is 54.3 Å². The Morgan fingerprint density at radius 2 is 0.939 bits per heavy atom. The summed E-state index contributed by atoms with van der Waals surface area (Å²) in [7, 11) is 0. The highest BCUT2D eigenvalue weighted by Gasteiger charge is 2.17. The minimum Gasteiger partial charge on any atom is -0.455 e. The first-order valence-electron chi connectivity index (χ1n) is 16.4. The van der Waals surface area contributed by atoms with E-state index in [-0.39, 0.29) is 0 Å². The van der Waals surface area contributed by atoms with Gasteiger partial charge in [0.1, 0.15) is 11.2 Å². The SMILES string of the molecule is c1ccc(-c2cc(-c3ccc4c(c3)c3ccccc3c3ccc5c6ccccc6oc5c34)nc(-c3ccc(-c4ccncc4)cc3)n2)cc1. The van der Waals surface area contributed by atoms with Crippen molar-refractivity contribution in [1.29, 1.82) is 0 Å². The number of aromatic nitrogens is 3. The number of hydrogen-bond donors (Lipinski definition) is 0. The summed E-state index contributed by atoms with van der Waals surface area (Å²) in [6.45, 7) is 0. The normalized spacial score (nSPS) is 11.7. The summed E-state index contributed by atoms with van der Waals surface area (Å²) in [4.78, 5) is 14.4. The molecule has 4 heteroatoms. The molecular weight excluding hydrogens is 599 g/mol. The summed E-state index contributed by atoms with van der Waals surface area (Å²) in [6.07, 6.45) is 3.63. The molecule has 0 aliphatic heterocycles. The maximum absolute atomic E-state index is 6.58. The van der Waals surface area contributed by atoms with Gasteiger partial charge in [-0.25, -0.2) is 9.97 Å². The average Bonchev–Trinajstić information content (AvgIpc) is 3.57. The van der Waals surface area contributed by atoms with Gasteiger partial charge in [-0.05, 0) is 74.5 Å². The van der Waals surface area contributed by atoms with Crippen LogP contribution in [-0.4, -0.2) is 15.0 Å². The zero-order valence-corrected chi connectivity index (χ0v) is 26.3. The summed E-state index contributed by atoms with van der Waals surface area (Å²) in [5.41, 5.74) is 8.86. The van der Waals surface area contributed by atoms with Crippen LogP contribution in [0.2, 0.25) is 0 Å². The fourth-order valence-corrected chi connectivity index (χ4v) is 7.22. The van der Waals surface area contributed by atoms with E-state index in [9.17, 15) is 0 Å². The molecule has 0 aliphatic rings. The Bertz CT molecular complexity index is 2860. The smallest absolute Gasteiger partial charge is 0.160 e. The number of furan rings is 1. The molecule has 0 amide bonds. The van der Waals surface area contributed by atoms with Gasteiger partial charge in [0.25, 0.3) is 0 Å². The van der Waals surface area contributed by atoms with Gasteiger partial charge in [-0.15, -0.1) is 0 Å². The van der Waals surface area contributed by atoms with Crippen LogP contribution in [0.1, 0.15) is 0 Å². The number of fused-ring (bicyclic) bond motifs is 10. The molecule has 4 nitrogen and oxygen atoms in total. The van der Waals surface area contributed by atoms with Crippen molar-refractivity contribution < 1.29 is 4.42 Å². The Labute approximate surface area is 282 Å². The average molecular weight is 626 g/mol. The second kappa shape index (κ2) is 11.0. The molecule has 0 fully saturated rings. The Kier molecular flexibility index (Phi) is 6.15. The Hall–Kier alpha value is -6.65. The molecular formula is C45H27N3O. The van der Waals surface area contributed by atoms with Gasteiger partial charge in [0.05, 0.1) is 11.4 Å². The lowest BCUT2D eigenvalue weighted by Gasteiger charge is -2.13. The maximum Gasteiger partial charge on any atom is 0.160 e. The zero-order chi connectivity index (χ0) is 32.3. The second-order valence-corrected chi connectivity index (χ2v) is 12.4. The number of rotatable bonds is 4. The molecule has 7 aromatic carbocycles. The molecule has 0 unspecified atom stereocenters. The van der Waals surface area contributed by atoms with E-state index in [0.29, 0.717) is 5.82 Å². The van der Waals surface area contributed by atoms with E-state index in [0.717, 1.165) is 77.3 Å². The summed E-state index contributed by atoms with van der Waals surface area (Å²) < 4.78 is 6.58. The number of nitrogens with zero attached hydrogens (tertiary/aromatic N) is 3. The summed E-state index contributed by atoms with van der Waals surface area (Å²) >= 11 is 0. The second-order valence-electron chi connectivity index (χ2n) is 12.4. The highest BCUT2D eigenvalue weighted by molar-refractivity contribution is 6.32.